The summed E-state index contributed by atoms with van der Waals surface area (Å²) in [6.07, 6.45) is 0. The molecule has 0 unspecified atom stereocenters. The molecule has 0 saturated carbocycles. The van der Waals surface area contributed by atoms with Crippen molar-refractivity contribution >= 4 is 32.5 Å². The lowest BCUT2D eigenvalue weighted by Gasteiger charge is -2.11. The van der Waals surface area contributed by atoms with Crippen LogP contribution < -0.4 is 14.8 Å². The fraction of sp³-hybridized carbons (Fsp3) is 0.333. The first-order chi connectivity index (χ1) is 9.26. The van der Waals surface area contributed by atoms with E-state index in [0.29, 0.717) is 18.1 Å². The van der Waals surface area contributed by atoms with E-state index >= 15 is 0 Å². The maximum absolute atomic E-state index is 5.78. The molecule has 2 rings (SSSR count). The third-order valence-electron chi connectivity index (χ3n) is 2.40. The van der Waals surface area contributed by atoms with Crippen molar-refractivity contribution in [3.8, 4) is 11.5 Å². The largest absolute Gasteiger partial charge is 0.493 e. The molecule has 0 aliphatic carbocycles. The Hall–Kier alpha value is -1.34. The van der Waals surface area contributed by atoms with Crippen LogP contribution in [-0.4, -0.2) is 23.2 Å². The average Bonchev–Trinajstić information content (AvgIpc) is 2.85. The van der Waals surface area contributed by atoms with Crippen LogP contribution in [0.15, 0.2) is 22.7 Å². The van der Waals surface area contributed by atoms with Crippen LogP contribution in [0.4, 0.5) is 5.00 Å². The van der Waals surface area contributed by atoms with E-state index in [1.54, 1.807) is 7.11 Å². The normalized spacial score (nSPS) is 10.3. The van der Waals surface area contributed by atoms with Crippen molar-refractivity contribution in [1.82, 2.24) is 9.59 Å². The van der Waals surface area contributed by atoms with Crippen molar-refractivity contribution in [2.75, 3.05) is 19.0 Å². The summed E-state index contributed by atoms with van der Waals surface area (Å²) in [6.45, 7) is 3.20. The molecule has 5 nitrogen and oxygen atoms in total. The minimum Gasteiger partial charge on any atom is -0.493 e. The van der Waals surface area contributed by atoms with Crippen LogP contribution in [0.2, 0.25) is 0 Å². The number of aromatic nitrogens is 2. The van der Waals surface area contributed by atoms with Gasteiger partial charge < -0.3 is 14.8 Å². The molecule has 0 amide bonds. The van der Waals surface area contributed by atoms with Crippen LogP contribution in [0, 0.1) is 0 Å². The maximum atomic E-state index is 5.78. The minimum atomic E-state index is 0.345. The molecule has 7 heteroatoms. The van der Waals surface area contributed by atoms with Gasteiger partial charge in [-0.2, -0.15) is 0 Å². The summed E-state index contributed by atoms with van der Waals surface area (Å²) < 4.78 is 15.8. The Bertz CT molecular complexity index is 548. The summed E-state index contributed by atoms with van der Waals surface area (Å²) in [7, 11) is 1.61. The van der Waals surface area contributed by atoms with Gasteiger partial charge in [-0.05, 0) is 35.0 Å². The van der Waals surface area contributed by atoms with Gasteiger partial charge >= 0.3 is 0 Å². The van der Waals surface area contributed by atoms with Crippen molar-refractivity contribution in [1.29, 1.82) is 0 Å². The molecule has 0 aliphatic rings. The zero-order chi connectivity index (χ0) is 13.7. The lowest BCUT2D eigenvalue weighted by atomic mass is 10.3. The Morgan fingerprint density at radius 2 is 2.26 bits per heavy atom. The number of anilines is 1. The van der Waals surface area contributed by atoms with Gasteiger partial charge in [-0.1, -0.05) is 10.6 Å². The van der Waals surface area contributed by atoms with Crippen LogP contribution in [0.25, 0.3) is 0 Å². The van der Waals surface area contributed by atoms with Crippen LogP contribution >= 0.6 is 27.5 Å². The van der Waals surface area contributed by atoms with Crippen LogP contribution in [0.5, 0.6) is 11.5 Å². The number of hydrogen-bond acceptors (Lipinski definition) is 6. The van der Waals surface area contributed by atoms with E-state index < -0.39 is 0 Å². The fourth-order valence-corrected chi connectivity index (χ4v) is 2.63. The number of nitrogens with one attached hydrogen (secondary N) is 1. The molecular weight excluding hydrogens is 330 g/mol. The van der Waals surface area contributed by atoms with Gasteiger partial charge in [0.05, 0.1) is 11.6 Å². The average molecular weight is 344 g/mol. The van der Waals surface area contributed by atoms with Crippen molar-refractivity contribution in [2.24, 2.45) is 0 Å². The fourth-order valence-electron chi connectivity index (χ4n) is 1.53. The van der Waals surface area contributed by atoms with Gasteiger partial charge in [0, 0.05) is 18.1 Å². The Morgan fingerprint density at radius 3 is 3.00 bits per heavy atom. The zero-order valence-electron chi connectivity index (χ0n) is 10.6. The quantitative estimate of drug-likeness (QED) is 0.871. The molecule has 0 bridgehead atoms. The molecule has 1 aromatic carbocycles. The van der Waals surface area contributed by atoms with E-state index in [0.717, 1.165) is 21.7 Å². The summed E-state index contributed by atoms with van der Waals surface area (Å²) in [4.78, 5) is 0. The molecule has 0 atom stereocenters. The highest BCUT2D eigenvalue weighted by molar-refractivity contribution is 9.10. The molecule has 0 saturated heterocycles. The lowest BCUT2D eigenvalue weighted by molar-refractivity contribution is 0.279. The van der Waals surface area contributed by atoms with Gasteiger partial charge in [0.15, 0.2) is 11.5 Å². The second-order valence-corrected chi connectivity index (χ2v) is 5.25. The molecule has 2 aromatic rings. The smallest absolute Gasteiger partial charge is 0.175 e. The molecular formula is C12H14BrN3O2S. The number of nitrogens with zero attached hydrogens (tertiary/aromatic N) is 2. The van der Waals surface area contributed by atoms with Gasteiger partial charge in [0.25, 0.3) is 0 Å². The molecule has 19 heavy (non-hydrogen) atoms. The summed E-state index contributed by atoms with van der Waals surface area (Å²) in [5.41, 5.74) is 0.796. The van der Waals surface area contributed by atoms with Crippen LogP contribution in [0.1, 0.15) is 12.6 Å². The van der Waals surface area contributed by atoms with E-state index in [1.165, 1.54) is 11.5 Å². The molecule has 0 fully saturated rings. The first kappa shape index (κ1) is 14.1. The van der Waals surface area contributed by atoms with Crippen molar-refractivity contribution in [3.63, 3.8) is 0 Å². The third-order valence-corrected chi connectivity index (χ3v) is 3.75. The van der Waals surface area contributed by atoms with E-state index in [2.05, 4.69) is 30.8 Å². The molecule has 0 radical (unpaired) electrons. The topological polar surface area (TPSA) is 56.3 Å². The predicted molar refractivity (Wildman–Crippen MR) is 79.1 cm³/mol. The minimum absolute atomic E-state index is 0.345. The number of ether oxygens (including phenoxy) is 2. The van der Waals surface area contributed by atoms with E-state index in [4.69, 9.17) is 9.47 Å². The Balaban J connectivity index is 2.12. The van der Waals surface area contributed by atoms with Crippen molar-refractivity contribution in [2.45, 2.75) is 13.5 Å². The van der Waals surface area contributed by atoms with Gasteiger partial charge in [-0.15, -0.1) is 5.10 Å². The second-order valence-electron chi connectivity index (χ2n) is 3.64. The summed E-state index contributed by atoms with van der Waals surface area (Å²) >= 11 is 4.78. The molecule has 0 aliphatic heterocycles. The SMILES string of the molecule is CCNc1snnc1COc1c(Br)cccc1OC. The number of hydrogen-bond donors (Lipinski definition) is 1. The Labute approximate surface area is 124 Å². The number of benzene rings is 1. The highest BCUT2D eigenvalue weighted by Crippen LogP contribution is 2.35. The molecule has 1 N–H and O–H groups in total. The summed E-state index contributed by atoms with van der Waals surface area (Å²) in [6, 6.07) is 5.65. The van der Waals surface area contributed by atoms with Gasteiger partial charge in [0.1, 0.15) is 17.3 Å². The lowest BCUT2D eigenvalue weighted by Crippen LogP contribution is -2.03. The summed E-state index contributed by atoms with van der Waals surface area (Å²) in [5, 5.41) is 8.20. The monoisotopic (exact) mass is 343 g/mol. The maximum Gasteiger partial charge on any atom is 0.175 e. The summed E-state index contributed by atoms with van der Waals surface area (Å²) in [5.74, 6) is 1.35. The first-order valence-corrected chi connectivity index (χ1v) is 7.33. The Kier molecular flexibility index (Phi) is 4.98. The second kappa shape index (κ2) is 6.72. The van der Waals surface area contributed by atoms with E-state index in [9.17, 15) is 0 Å². The Morgan fingerprint density at radius 1 is 1.42 bits per heavy atom. The van der Waals surface area contributed by atoms with E-state index in [-0.39, 0.29) is 0 Å². The number of rotatable bonds is 6. The predicted octanol–water partition coefficient (Wildman–Crippen LogP) is 3.32. The highest BCUT2D eigenvalue weighted by Gasteiger charge is 2.12. The van der Waals surface area contributed by atoms with Crippen LogP contribution in [-0.2, 0) is 6.61 Å². The van der Waals surface area contributed by atoms with Gasteiger partial charge in [0.2, 0.25) is 0 Å². The van der Waals surface area contributed by atoms with Gasteiger partial charge in [-0.3, -0.25) is 0 Å². The number of methoxy groups -OCH3 is 1. The number of halogens is 1. The van der Waals surface area contributed by atoms with Crippen LogP contribution in [0.3, 0.4) is 0 Å². The number of para-hydroxylation sites is 1. The molecule has 102 valence electrons. The van der Waals surface area contributed by atoms with Gasteiger partial charge in [-0.25, -0.2) is 0 Å². The molecule has 0 spiro atoms. The molecule has 1 aromatic heterocycles. The zero-order valence-corrected chi connectivity index (χ0v) is 13.0. The highest BCUT2D eigenvalue weighted by atomic mass is 79.9. The van der Waals surface area contributed by atoms with E-state index in [1.807, 2.05) is 25.1 Å². The van der Waals surface area contributed by atoms with Crippen molar-refractivity contribution < 1.29 is 9.47 Å². The van der Waals surface area contributed by atoms with Crippen molar-refractivity contribution in [3.05, 3.63) is 28.4 Å². The third kappa shape index (κ3) is 3.36. The molecule has 1 heterocycles. The first-order valence-electron chi connectivity index (χ1n) is 5.76. The standard InChI is InChI=1S/C12H14BrN3O2S/c1-3-14-12-9(15-16-19-12)7-18-11-8(13)5-4-6-10(11)17-2/h4-6,14H,3,7H2,1-2H3.